The van der Waals surface area contributed by atoms with E-state index in [1.807, 2.05) is 0 Å². The Labute approximate surface area is 92.9 Å². The van der Waals surface area contributed by atoms with Crippen LogP contribution in [0.4, 0.5) is 0 Å². The Kier molecular flexibility index (Phi) is 2.89. The van der Waals surface area contributed by atoms with Crippen molar-refractivity contribution in [3.8, 4) is 0 Å². The third kappa shape index (κ3) is 2.44. The number of rotatable bonds is 3. The molecule has 2 heteroatoms. The van der Waals surface area contributed by atoms with Gasteiger partial charge in [-0.2, -0.15) is 0 Å². The summed E-state index contributed by atoms with van der Waals surface area (Å²) in [5, 5.41) is 0. The van der Waals surface area contributed by atoms with Crippen molar-refractivity contribution in [1.82, 2.24) is 0 Å². The Balaban J connectivity index is 2.09. The Morgan fingerprint density at radius 3 is 2.69 bits per heavy atom. The average Bonchev–Trinajstić information content (AvgIpc) is 2.89. The van der Waals surface area contributed by atoms with Gasteiger partial charge in [-0.05, 0) is 46.6 Å². The van der Waals surface area contributed by atoms with Crippen LogP contribution in [0.15, 0.2) is 24.3 Å². The van der Waals surface area contributed by atoms with Crippen molar-refractivity contribution in [2.75, 3.05) is 0 Å². The van der Waals surface area contributed by atoms with E-state index in [1.54, 1.807) is 0 Å². The quantitative estimate of drug-likeness (QED) is 0.849. The molecule has 1 aromatic carbocycles. The molecule has 0 amide bonds. The highest BCUT2D eigenvalue weighted by Crippen LogP contribution is 2.37. The summed E-state index contributed by atoms with van der Waals surface area (Å²) in [5.41, 5.74) is 7.45. The molecule has 1 aliphatic rings. The summed E-state index contributed by atoms with van der Waals surface area (Å²) in [6.07, 6.45) is 3.94. The Bertz CT molecular complexity index is 294. The highest BCUT2D eigenvalue weighted by molar-refractivity contribution is 14.1. The summed E-state index contributed by atoms with van der Waals surface area (Å²) in [6, 6.07) is 8.66. The highest BCUT2D eigenvalue weighted by atomic mass is 127. The number of halogens is 1. The fourth-order valence-corrected chi connectivity index (χ4v) is 2.40. The second kappa shape index (κ2) is 3.96. The molecule has 1 aromatic rings. The van der Waals surface area contributed by atoms with Crippen LogP contribution in [0.2, 0.25) is 0 Å². The van der Waals surface area contributed by atoms with E-state index in [-0.39, 0.29) is 6.04 Å². The minimum absolute atomic E-state index is 0.251. The molecule has 0 radical (unpaired) electrons. The molecule has 1 saturated carbocycles. The third-order valence-corrected chi connectivity index (χ3v) is 3.57. The van der Waals surface area contributed by atoms with Crippen LogP contribution >= 0.6 is 22.6 Å². The van der Waals surface area contributed by atoms with Gasteiger partial charge >= 0.3 is 0 Å². The Hall–Kier alpha value is -0.0900. The third-order valence-electron chi connectivity index (χ3n) is 2.59. The van der Waals surface area contributed by atoms with Gasteiger partial charge in [0, 0.05) is 9.61 Å². The van der Waals surface area contributed by atoms with Crippen molar-refractivity contribution in [2.24, 2.45) is 11.7 Å². The van der Waals surface area contributed by atoms with Gasteiger partial charge in [0.1, 0.15) is 0 Å². The molecule has 0 bridgehead atoms. The first-order valence-corrected chi connectivity index (χ1v) is 5.85. The maximum Gasteiger partial charge on any atom is 0.0308 e. The predicted octanol–water partition coefficient (Wildman–Crippen LogP) is 3.09. The van der Waals surface area contributed by atoms with Crippen LogP contribution in [0.1, 0.15) is 30.9 Å². The van der Waals surface area contributed by atoms with Crippen molar-refractivity contribution >= 4 is 22.6 Å². The first-order valence-electron chi connectivity index (χ1n) is 4.77. The molecule has 70 valence electrons. The molecule has 0 spiro atoms. The largest absolute Gasteiger partial charge is 0.324 e. The van der Waals surface area contributed by atoms with Crippen molar-refractivity contribution in [3.05, 3.63) is 33.4 Å². The van der Waals surface area contributed by atoms with Gasteiger partial charge in [-0.3, -0.25) is 0 Å². The monoisotopic (exact) mass is 287 g/mol. The molecule has 1 fully saturated rings. The summed E-state index contributed by atoms with van der Waals surface area (Å²) >= 11 is 2.36. The summed E-state index contributed by atoms with van der Waals surface area (Å²) in [6.45, 7) is 0. The van der Waals surface area contributed by atoms with Crippen LogP contribution < -0.4 is 5.73 Å². The van der Waals surface area contributed by atoms with Crippen molar-refractivity contribution in [3.63, 3.8) is 0 Å². The van der Waals surface area contributed by atoms with Crippen LogP contribution in [0.3, 0.4) is 0 Å². The highest BCUT2D eigenvalue weighted by Gasteiger charge is 2.24. The fraction of sp³-hybridized carbons (Fsp3) is 0.455. The molecule has 1 atom stereocenters. The van der Waals surface area contributed by atoms with E-state index in [0.717, 1.165) is 5.92 Å². The van der Waals surface area contributed by atoms with E-state index in [0.29, 0.717) is 0 Å². The van der Waals surface area contributed by atoms with Crippen molar-refractivity contribution in [1.29, 1.82) is 0 Å². The van der Waals surface area contributed by atoms with Crippen LogP contribution in [-0.2, 0) is 0 Å². The van der Waals surface area contributed by atoms with Crippen LogP contribution in [0, 0.1) is 9.49 Å². The molecule has 0 aromatic heterocycles. The van der Waals surface area contributed by atoms with Gasteiger partial charge in [0.2, 0.25) is 0 Å². The average molecular weight is 287 g/mol. The first kappa shape index (κ1) is 9.46. The molecule has 1 nitrogen and oxygen atoms in total. The Morgan fingerprint density at radius 1 is 1.38 bits per heavy atom. The summed E-state index contributed by atoms with van der Waals surface area (Å²) in [7, 11) is 0. The topological polar surface area (TPSA) is 26.0 Å². The van der Waals surface area contributed by atoms with Gasteiger partial charge in [0.15, 0.2) is 0 Å². The summed E-state index contributed by atoms with van der Waals surface area (Å²) < 4.78 is 1.30. The van der Waals surface area contributed by atoms with E-state index < -0.39 is 0 Å². The molecule has 0 heterocycles. The molecule has 2 N–H and O–H groups in total. The number of hydrogen-bond acceptors (Lipinski definition) is 1. The van der Waals surface area contributed by atoms with Gasteiger partial charge < -0.3 is 5.73 Å². The lowest BCUT2D eigenvalue weighted by molar-refractivity contribution is 0.595. The Morgan fingerprint density at radius 2 is 2.08 bits per heavy atom. The van der Waals surface area contributed by atoms with E-state index >= 15 is 0 Å². The molecule has 1 unspecified atom stereocenters. The molecular weight excluding hydrogens is 273 g/mol. The second-order valence-corrected chi connectivity index (χ2v) is 4.97. The van der Waals surface area contributed by atoms with Crippen LogP contribution in [-0.4, -0.2) is 0 Å². The minimum Gasteiger partial charge on any atom is -0.324 e. The van der Waals surface area contributed by atoms with Gasteiger partial charge in [-0.1, -0.05) is 31.0 Å². The van der Waals surface area contributed by atoms with Gasteiger partial charge in [0.25, 0.3) is 0 Å². The van der Waals surface area contributed by atoms with Crippen molar-refractivity contribution in [2.45, 2.75) is 25.3 Å². The fourth-order valence-electron chi connectivity index (χ4n) is 1.62. The number of benzene rings is 1. The number of nitrogens with two attached hydrogens (primary N) is 1. The smallest absolute Gasteiger partial charge is 0.0308 e. The minimum atomic E-state index is 0.251. The van der Waals surface area contributed by atoms with Gasteiger partial charge in [-0.15, -0.1) is 0 Å². The normalized spacial score (nSPS) is 18.6. The lowest BCUT2D eigenvalue weighted by atomic mass is 10.0. The van der Waals surface area contributed by atoms with E-state index in [1.165, 1.54) is 28.4 Å². The van der Waals surface area contributed by atoms with Crippen molar-refractivity contribution < 1.29 is 0 Å². The predicted molar refractivity (Wildman–Crippen MR) is 63.4 cm³/mol. The van der Waals surface area contributed by atoms with Gasteiger partial charge in [0.05, 0.1) is 0 Å². The van der Waals surface area contributed by atoms with Crippen LogP contribution in [0.5, 0.6) is 0 Å². The molecule has 1 aliphatic carbocycles. The molecule has 13 heavy (non-hydrogen) atoms. The van der Waals surface area contributed by atoms with Gasteiger partial charge in [-0.25, -0.2) is 0 Å². The number of hydrogen-bond donors (Lipinski definition) is 1. The molecule has 0 saturated heterocycles. The zero-order valence-electron chi connectivity index (χ0n) is 7.54. The molecule has 0 aliphatic heterocycles. The van der Waals surface area contributed by atoms with E-state index in [4.69, 9.17) is 5.73 Å². The van der Waals surface area contributed by atoms with Crippen LogP contribution in [0.25, 0.3) is 0 Å². The van der Waals surface area contributed by atoms with E-state index in [2.05, 4.69) is 46.9 Å². The SMILES string of the molecule is NC(CC1CC1)c1ccccc1I. The van der Waals surface area contributed by atoms with E-state index in [9.17, 15) is 0 Å². The maximum absolute atomic E-state index is 6.13. The first-order chi connectivity index (χ1) is 6.27. The molecular formula is C11H14IN. The standard InChI is InChI=1S/C11H14IN/c12-10-4-2-1-3-9(10)11(13)7-8-5-6-8/h1-4,8,11H,5-7,13H2. The lowest BCUT2D eigenvalue weighted by Gasteiger charge is -2.12. The molecule has 2 rings (SSSR count). The summed E-state index contributed by atoms with van der Waals surface area (Å²) in [5.74, 6) is 0.908. The maximum atomic E-state index is 6.13. The summed E-state index contributed by atoms with van der Waals surface area (Å²) in [4.78, 5) is 0. The zero-order chi connectivity index (χ0) is 9.26. The lowest BCUT2D eigenvalue weighted by Crippen LogP contribution is -2.12. The zero-order valence-corrected chi connectivity index (χ0v) is 9.70. The second-order valence-electron chi connectivity index (χ2n) is 3.81.